The summed E-state index contributed by atoms with van der Waals surface area (Å²) in [6.45, 7) is 3.43. The lowest BCUT2D eigenvalue weighted by atomic mass is 9.64. The average molecular weight is 407 g/mol. The molecule has 4 aromatic rings. The molecule has 4 aromatic heterocycles. The molecule has 1 saturated carbocycles. The second-order valence-corrected chi connectivity index (χ2v) is 8.42. The standard InChI is InChI=1S/C21H22FN7O/c1-13-24-17-3-2-16(26-19(17)28(13)7-5-22)15-4-6-29-18(15)10-23-20(27-29)25-14-8-21(9-14)11-30-12-21/h2-4,6,10,14H,5,7-9,11-12H2,1H3,(H,25,27). The number of halogens is 1. The van der Waals surface area contributed by atoms with Crippen molar-refractivity contribution in [2.24, 2.45) is 5.41 Å². The Balaban J connectivity index is 1.30. The number of anilines is 1. The SMILES string of the molecule is Cc1nc2ccc(-c3ccn4nc(NC5CC6(COC6)C5)ncc34)nc2n1CCF. The molecule has 0 unspecified atom stereocenters. The second kappa shape index (κ2) is 6.46. The van der Waals surface area contributed by atoms with Crippen molar-refractivity contribution < 1.29 is 9.13 Å². The lowest BCUT2D eigenvalue weighted by Crippen LogP contribution is -2.56. The number of fused-ring (bicyclic) bond motifs is 2. The first kappa shape index (κ1) is 17.8. The Labute approximate surface area is 172 Å². The van der Waals surface area contributed by atoms with Gasteiger partial charge in [0.15, 0.2) is 5.65 Å². The highest BCUT2D eigenvalue weighted by atomic mass is 19.1. The zero-order chi connectivity index (χ0) is 20.3. The zero-order valence-corrected chi connectivity index (χ0v) is 16.7. The van der Waals surface area contributed by atoms with E-state index < -0.39 is 6.67 Å². The third-order valence-corrected chi connectivity index (χ3v) is 6.29. The summed E-state index contributed by atoms with van der Waals surface area (Å²) in [4.78, 5) is 13.8. The fraction of sp³-hybridized carbons (Fsp3) is 0.429. The number of nitrogens with zero attached hydrogens (tertiary/aromatic N) is 6. The van der Waals surface area contributed by atoms with Crippen LogP contribution in [0.15, 0.2) is 30.6 Å². The fourth-order valence-electron chi connectivity index (χ4n) is 4.70. The van der Waals surface area contributed by atoms with Gasteiger partial charge in [0.2, 0.25) is 5.95 Å². The Morgan fingerprint density at radius 2 is 2.10 bits per heavy atom. The van der Waals surface area contributed by atoms with Crippen LogP contribution in [0.5, 0.6) is 0 Å². The second-order valence-electron chi connectivity index (χ2n) is 8.42. The molecule has 6 rings (SSSR count). The quantitative estimate of drug-likeness (QED) is 0.548. The monoisotopic (exact) mass is 407 g/mol. The number of hydrogen-bond acceptors (Lipinski definition) is 6. The Hall–Kier alpha value is -3.07. The van der Waals surface area contributed by atoms with Gasteiger partial charge in [0.05, 0.1) is 37.2 Å². The highest BCUT2D eigenvalue weighted by Crippen LogP contribution is 2.47. The summed E-state index contributed by atoms with van der Waals surface area (Å²) >= 11 is 0. The molecule has 0 amide bonds. The normalized spacial score (nSPS) is 18.1. The van der Waals surface area contributed by atoms with Crippen molar-refractivity contribution >= 4 is 22.6 Å². The molecular weight excluding hydrogens is 385 g/mol. The van der Waals surface area contributed by atoms with Gasteiger partial charge in [-0.1, -0.05) is 0 Å². The van der Waals surface area contributed by atoms with E-state index in [-0.39, 0.29) is 6.54 Å². The van der Waals surface area contributed by atoms with E-state index >= 15 is 0 Å². The number of hydrogen-bond donors (Lipinski definition) is 1. The van der Waals surface area contributed by atoms with Gasteiger partial charge >= 0.3 is 0 Å². The summed E-state index contributed by atoms with van der Waals surface area (Å²) in [6, 6.07) is 6.25. The van der Waals surface area contributed by atoms with Crippen LogP contribution in [0.25, 0.3) is 27.9 Å². The Kier molecular flexibility index (Phi) is 3.83. The van der Waals surface area contributed by atoms with Crippen molar-refractivity contribution in [2.75, 3.05) is 25.2 Å². The summed E-state index contributed by atoms with van der Waals surface area (Å²) in [5.41, 5.74) is 4.47. The Morgan fingerprint density at radius 1 is 1.23 bits per heavy atom. The summed E-state index contributed by atoms with van der Waals surface area (Å²) < 4.78 is 21.9. The molecule has 30 heavy (non-hydrogen) atoms. The van der Waals surface area contributed by atoms with Gasteiger partial charge in [-0.3, -0.25) is 0 Å². The number of aryl methyl sites for hydroxylation is 2. The molecule has 154 valence electrons. The van der Waals surface area contributed by atoms with E-state index in [2.05, 4.69) is 20.4 Å². The summed E-state index contributed by atoms with van der Waals surface area (Å²) in [6.07, 6.45) is 5.96. The molecule has 2 fully saturated rings. The smallest absolute Gasteiger partial charge is 0.241 e. The molecule has 2 aliphatic rings. The minimum absolute atomic E-state index is 0.252. The third kappa shape index (κ3) is 2.68. The van der Waals surface area contributed by atoms with Gasteiger partial charge in [-0.15, -0.1) is 5.10 Å². The van der Waals surface area contributed by atoms with Crippen LogP contribution in [0, 0.1) is 12.3 Å². The summed E-state index contributed by atoms with van der Waals surface area (Å²) in [7, 11) is 0. The van der Waals surface area contributed by atoms with Crippen molar-refractivity contribution in [3.63, 3.8) is 0 Å². The number of aromatic nitrogens is 6. The molecule has 1 spiro atoms. The lowest BCUT2D eigenvalue weighted by molar-refractivity contribution is -0.160. The number of ether oxygens (including phenoxy) is 1. The summed E-state index contributed by atoms with van der Waals surface area (Å²) in [5.74, 6) is 1.39. The van der Waals surface area contributed by atoms with Gasteiger partial charge in [-0.05, 0) is 38.0 Å². The predicted octanol–water partition coefficient (Wildman–Crippen LogP) is 3.01. The van der Waals surface area contributed by atoms with Crippen molar-refractivity contribution in [2.45, 2.75) is 32.4 Å². The first-order valence-corrected chi connectivity index (χ1v) is 10.2. The topological polar surface area (TPSA) is 82.2 Å². The minimum Gasteiger partial charge on any atom is -0.380 e. The molecule has 0 atom stereocenters. The lowest BCUT2D eigenvalue weighted by Gasteiger charge is -2.53. The summed E-state index contributed by atoms with van der Waals surface area (Å²) in [5, 5.41) is 8.05. The maximum Gasteiger partial charge on any atom is 0.241 e. The van der Waals surface area contributed by atoms with E-state index in [1.165, 1.54) is 0 Å². The van der Waals surface area contributed by atoms with Gasteiger partial charge in [0.1, 0.15) is 18.0 Å². The van der Waals surface area contributed by atoms with E-state index in [4.69, 9.17) is 9.72 Å². The third-order valence-electron chi connectivity index (χ3n) is 6.29. The van der Waals surface area contributed by atoms with Gasteiger partial charge in [-0.25, -0.2) is 23.9 Å². The number of nitrogens with one attached hydrogen (secondary N) is 1. The van der Waals surface area contributed by atoms with Gasteiger partial charge in [-0.2, -0.15) is 0 Å². The number of rotatable bonds is 5. The van der Waals surface area contributed by atoms with Gasteiger partial charge in [0.25, 0.3) is 0 Å². The van der Waals surface area contributed by atoms with Crippen molar-refractivity contribution in [1.29, 1.82) is 0 Å². The zero-order valence-electron chi connectivity index (χ0n) is 16.7. The molecular formula is C21H22FN7O. The first-order valence-electron chi connectivity index (χ1n) is 10.2. The Bertz CT molecular complexity index is 1250. The molecule has 1 saturated heterocycles. The molecule has 8 nitrogen and oxygen atoms in total. The van der Waals surface area contributed by atoms with E-state index in [1.54, 1.807) is 0 Å². The van der Waals surface area contributed by atoms with Crippen LogP contribution in [0.3, 0.4) is 0 Å². The molecule has 9 heteroatoms. The maximum atomic E-state index is 13.0. The van der Waals surface area contributed by atoms with Crippen LogP contribution < -0.4 is 5.32 Å². The largest absolute Gasteiger partial charge is 0.380 e. The highest BCUT2D eigenvalue weighted by Gasteiger charge is 2.49. The molecule has 1 N–H and O–H groups in total. The van der Waals surface area contributed by atoms with E-state index in [9.17, 15) is 4.39 Å². The van der Waals surface area contributed by atoms with Crippen molar-refractivity contribution in [3.05, 3.63) is 36.4 Å². The van der Waals surface area contributed by atoms with E-state index in [0.717, 1.165) is 54.2 Å². The van der Waals surface area contributed by atoms with Crippen LogP contribution >= 0.6 is 0 Å². The molecule has 5 heterocycles. The fourth-order valence-corrected chi connectivity index (χ4v) is 4.70. The van der Waals surface area contributed by atoms with Gasteiger partial charge < -0.3 is 14.6 Å². The highest BCUT2D eigenvalue weighted by molar-refractivity contribution is 5.82. The average Bonchev–Trinajstić information content (AvgIpc) is 3.23. The van der Waals surface area contributed by atoms with E-state index in [0.29, 0.717) is 23.1 Å². The first-order chi connectivity index (χ1) is 14.6. The van der Waals surface area contributed by atoms with Gasteiger partial charge in [0, 0.05) is 23.2 Å². The van der Waals surface area contributed by atoms with Crippen molar-refractivity contribution in [3.8, 4) is 11.3 Å². The van der Waals surface area contributed by atoms with Crippen LogP contribution in [0.1, 0.15) is 18.7 Å². The van der Waals surface area contributed by atoms with Crippen LogP contribution in [0.4, 0.5) is 10.3 Å². The molecule has 1 aliphatic carbocycles. The van der Waals surface area contributed by atoms with Crippen LogP contribution in [-0.4, -0.2) is 55.1 Å². The molecule has 1 aliphatic heterocycles. The minimum atomic E-state index is -0.452. The molecule has 0 aromatic carbocycles. The van der Waals surface area contributed by atoms with E-state index in [1.807, 2.05) is 46.6 Å². The number of pyridine rings is 1. The molecule has 0 radical (unpaired) electrons. The predicted molar refractivity (Wildman–Crippen MR) is 110 cm³/mol. The maximum absolute atomic E-state index is 13.0. The Morgan fingerprint density at radius 3 is 2.87 bits per heavy atom. The molecule has 0 bridgehead atoms. The van der Waals surface area contributed by atoms with Crippen molar-refractivity contribution in [1.82, 2.24) is 29.1 Å². The number of alkyl halides is 1. The van der Waals surface area contributed by atoms with Crippen LogP contribution in [0.2, 0.25) is 0 Å². The van der Waals surface area contributed by atoms with Crippen LogP contribution in [-0.2, 0) is 11.3 Å². The number of imidazole rings is 1.